The van der Waals surface area contributed by atoms with E-state index in [4.69, 9.17) is 4.74 Å². The molecular formula is C13H17Br2NO2. The number of halogens is 2. The van der Waals surface area contributed by atoms with Gasteiger partial charge in [0.1, 0.15) is 0 Å². The molecule has 0 aliphatic heterocycles. The van der Waals surface area contributed by atoms with Gasteiger partial charge in [0.05, 0.1) is 12.2 Å². The normalized spacial score (nSPS) is 10.2. The average Bonchev–Trinajstić information content (AvgIpc) is 2.39. The third-order valence-corrected chi connectivity index (χ3v) is 3.16. The summed E-state index contributed by atoms with van der Waals surface area (Å²) >= 11 is 6.89. The van der Waals surface area contributed by atoms with Crippen molar-refractivity contribution in [2.24, 2.45) is 0 Å². The van der Waals surface area contributed by atoms with Crippen molar-refractivity contribution < 1.29 is 9.53 Å². The highest BCUT2D eigenvalue weighted by Gasteiger charge is 2.08. The van der Waals surface area contributed by atoms with Gasteiger partial charge in [0, 0.05) is 29.4 Å². The van der Waals surface area contributed by atoms with Gasteiger partial charge in [0.25, 0.3) is 0 Å². The van der Waals surface area contributed by atoms with Crippen LogP contribution in [0.1, 0.15) is 17.3 Å². The third-order valence-electron chi connectivity index (χ3n) is 2.45. The van der Waals surface area contributed by atoms with Crippen LogP contribution in [0.2, 0.25) is 0 Å². The lowest BCUT2D eigenvalue weighted by atomic mass is 10.2. The maximum absolute atomic E-state index is 11.5. The van der Waals surface area contributed by atoms with Crippen LogP contribution in [0.15, 0.2) is 24.3 Å². The molecule has 0 bridgehead atoms. The summed E-state index contributed by atoms with van der Waals surface area (Å²) in [5, 5.41) is 1.83. The fourth-order valence-electron chi connectivity index (χ4n) is 1.60. The summed E-state index contributed by atoms with van der Waals surface area (Å²) in [5.41, 5.74) is 1.71. The Bertz CT molecular complexity index is 362. The Labute approximate surface area is 125 Å². The first-order chi connectivity index (χ1) is 8.72. The van der Waals surface area contributed by atoms with Gasteiger partial charge < -0.3 is 9.64 Å². The molecule has 0 aromatic heterocycles. The zero-order chi connectivity index (χ0) is 13.4. The predicted octanol–water partition coefficient (Wildman–Crippen LogP) is 3.46. The van der Waals surface area contributed by atoms with Crippen molar-refractivity contribution in [3.05, 3.63) is 29.8 Å². The van der Waals surface area contributed by atoms with Crippen molar-refractivity contribution in [1.29, 1.82) is 0 Å². The molecule has 0 radical (unpaired) electrons. The zero-order valence-corrected chi connectivity index (χ0v) is 13.5. The van der Waals surface area contributed by atoms with Gasteiger partial charge in [-0.05, 0) is 31.2 Å². The molecule has 0 heterocycles. The largest absolute Gasteiger partial charge is 0.462 e. The quantitative estimate of drug-likeness (QED) is 0.537. The summed E-state index contributed by atoms with van der Waals surface area (Å²) < 4.78 is 4.96. The molecular weight excluding hydrogens is 362 g/mol. The molecule has 3 nitrogen and oxygen atoms in total. The van der Waals surface area contributed by atoms with Crippen LogP contribution >= 0.6 is 31.9 Å². The fraction of sp³-hybridized carbons (Fsp3) is 0.462. The van der Waals surface area contributed by atoms with Crippen molar-refractivity contribution in [2.75, 3.05) is 35.3 Å². The van der Waals surface area contributed by atoms with Gasteiger partial charge in [-0.15, -0.1) is 0 Å². The topological polar surface area (TPSA) is 29.5 Å². The standard InChI is InChI=1S/C13H17Br2NO2/c1-2-18-13(17)11-3-5-12(6-4-11)16(9-7-14)10-8-15/h3-6H,2,7-10H2,1H3. The van der Waals surface area contributed by atoms with E-state index in [-0.39, 0.29) is 5.97 Å². The number of benzene rings is 1. The summed E-state index contributed by atoms with van der Waals surface area (Å²) in [7, 11) is 0. The number of esters is 1. The number of rotatable bonds is 7. The van der Waals surface area contributed by atoms with Gasteiger partial charge in [-0.25, -0.2) is 4.79 Å². The molecule has 100 valence electrons. The van der Waals surface area contributed by atoms with Crippen LogP contribution in [0.4, 0.5) is 5.69 Å². The summed E-state index contributed by atoms with van der Waals surface area (Å²) in [6.07, 6.45) is 0. The molecule has 1 aromatic rings. The molecule has 1 aromatic carbocycles. The van der Waals surface area contributed by atoms with Crippen LogP contribution in [0.3, 0.4) is 0 Å². The second-order valence-electron chi connectivity index (χ2n) is 3.63. The third kappa shape index (κ3) is 4.61. The van der Waals surface area contributed by atoms with Gasteiger partial charge in [-0.3, -0.25) is 0 Å². The maximum atomic E-state index is 11.5. The Kier molecular flexibility index (Phi) is 7.35. The molecule has 0 aliphatic carbocycles. The van der Waals surface area contributed by atoms with Crippen LogP contribution in [-0.4, -0.2) is 36.3 Å². The number of carbonyl (C=O) groups excluding carboxylic acids is 1. The van der Waals surface area contributed by atoms with Crippen LogP contribution in [0, 0.1) is 0 Å². The van der Waals surface area contributed by atoms with Crippen molar-refractivity contribution in [3.8, 4) is 0 Å². The number of ether oxygens (including phenoxy) is 1. The van der Waals surface area contributed by atoms with Crippen LogP contribution in [0.5, 0.6) is 0 Å². The van der Waals surface area contributed by atoms with E-state index in [1.54, 1.807) is 6.92 Å². The van der Waals surface area contributed by atoms with Crippen molar-refractivity contribution in [1.82, 2.24) is 0 Å². The second kappa shape index (κ2) is 8.53. The number of anilines is 1. The van der Waals surface area contributed by atoms with Crippen LogP contribution in [-0.2, 0) is 4.74 Å². The second-order valence-corrected chi connectivity index (χ2v) is 5.22. The molecule has 0 fully saturated rings. The Hall–Kier alpha value is -0.550. The summed E-state index contributed by atoms with van der Waals surface area (Å²) in [4.78, 5) is 13.8. The molecule has 0 aliphatic rings. The SMILES string of the molecule is CCOC(=O)c1ccc(N(CCBr)CCBr)cc1. The van der Waals surface area contributed by atoms with Crippen LogP contribution < -0.4 is 4.90 Å². The van der Waals surface area contributed by atoms with Crippen molar-refractivity contribution in [3.63, 3.8) is 0 Å². The molecule has 0 atom stereocenters. The summed E-state index contributed by atoms with van der Waals surface area (Å²) in [6.45, 7) is 4.08. The lowest BCUT2D eigenvalue weighted by Crippen LogP contribution is -2.27. The first-order valence-electron chi connectivity index (χ1n) is 5.87. The zero-order valence-electron chi connectivity index (χ0n) is 10.4. The Morgan fingerprint density at radius 1 is 1.17 bits per heavy atom. The Morgan fingerprint density at radius 2 is 1.72 bits per heavy atom. The monoisotopic (exact) mass is 377 g/mol. The number of carbonyl (C=O) groups is 1. The van der Waals surface area contributed by atoms with Gasteiger partial charge in [0.15, 0.2) is 0 Å². The van der Waals surface area contributed by atoms with Gasteiger partial charge >= 0.3 is 5.97 Å². The first-order valence-corrected chi connectivity index (χ1v) is 8.11. The van der Waals surface area contributed by atoms with E-state index in [1.165, 1.54) is 0 Å². The molecule has 0 amide bonds. The Morgan fingerprint density at radius 3 is 2.17 bits per heavy atom. The Balaban J connectivity index is 2.76. The minimum absolute atomic E-state index is 0.267. The van der Waals surface area contributed by atoms with E-state index >= 15 is 0 Å². The first kappa shape index (κ1) is 15.5. The number of hydrogen-bond donors (Lipinski definition) is 0. The lowest BCUT2D eigenvalue weighted by molar-refractivity contribution is 0.0526. The summed E-state index contributed by atoms with van der Waals surface area (Å²) in [5.74, 6) is -0.267. The van der Waals surface area contributed by atoms with Gasteiger partial charge in [0.2, 0.25) is 0 Å². The summed E-state index contributed by atoms with van der Waals surface area (Å²) in [6, 6.07) is 7.53. The van der Waals surface area contributed by atoms with E-state index < -0.39 is 0 Å². The fourth-order valence-corrected chi connectivity index (χ4v) is 2.45. The van der Waals surface area contributed by atoms with Gasteiger partial charge in [-0.1, -0.05) is 31.9 Å². The maximum Gasteiger partial charge on any atom is 0.338 e. The molecule has 0 unspecified atom stereocenters. The lowest BCUT2D eigenvalue weighted by Gasteiger charge is -2.23. The van der Waals surface area contributed by atoms with Crippen LogP contribution in [0.25, 0.3) is 0 Å². The molecule has 5 heteroatoms. The van der Waals surface area contributed by atoms with E-state index in [0.717, 1.165) is 29.4 Å². The molecule has 1 rings (SSSR count). The predicted molar refractivity (Wildman–Crippen MR) is 82.2 cm³/mol. The molecule has 18 heavy (non-hydrogen) atoms. The molecule has 0 N–H and O–H groups in total. The molecule has 0 spiro atoms. The average molecular weight is 379 g/mol. The van der Waals surface area contributed by atoms with E-state index in [1.807, 2.05) is 24.3 Å². The highest BCUT2D eigenvalue weighted by Crippen LogP contribution is 2.16. The minimum atomic E-state index is -0.267. The van der Waals surface area contributed by atoms with Gasteiger partial charge in [-0.2, -0.15) is 0 Å². The van der Waals surface area contributed by atoms with E-state index in [2.05, 4.69) is 36.8 Å². The highest BCUT2D eigenvalue weighted by molar-refractivity contribution is 9.09. The number of hydrogen-bond acceptors (Lipinski definition) is 3. The minimum Gasteiger partial charge on any atom is -0.462 e. The molecule has 0 saturated heterocycles. The van der Waals surface area contributed by atoms with E-state index in [0.29, 0.717) is 12.2 Å². The molecule has 0 saturated carbocycles. The highest BCUT2D eigenvalue weighted by atomic mass is 79.9. The van der Waals surface area contributed by atoms with Crippen molar-refractivity contribution in [2.45, 2.75) is 6.92 Å². The number of nitrogens with zero attached hydrogens (tertiary/aromatic N) is 1. The van der Waals surface area contributed by atoms with Crippen molar-refractivity contribution >= 4 is 43.5 Å². The number of alkyl halides is 2. The smallest absolute Gasteiger partial charge is 0.338 e. The van der Waals surface area contributed by atoms with E-state index in [9.17, 15) is 4.79 Å².